The molecule has 14 heteroatoms. The number of esters is 4. The molecule has 184 valence electrons. The van der Waals surface area contributed by atoms with Crippen molar-refractivity contribution >= 4 is 82.2 Å². The van der Waals surface area contributed by atoms with E-state index >= 15 is 0 Å². The number of aromatic carboxylic acids is 2. The monoisotopic (exact) mass is 564 g/mol. The molecule has 0 amide bonds. The van der Waals surface area contributed by atoms with Crippen LogP contribution in [-0.2, 0) is 19.1 Å². The summed E-state index contributed by atoms with van der Waals surface area (Å²) in [6.45, 7) is 0. The summed E-state index contributed by atoms with van der Waals surface area (Å²) < 4.78 is 9.13. The molecule has 0 saturated heterocycles. The Morgan fingerprint density at radius 2 is 1.09 bits per heavy atom. The Morgan fingerprint density at radius 3 is 1.57 bits per heavy atom. The second-order valence-corrected chi connectivity index (χ2v) is 8.05. The zero-order valence-electron chi connectivity index (χ0n) is 17.1. The third-order valence-electron chi connectivity index (χ3n) is 4.24. The Bertz CT molecular complexity index is 1260. The van der Waals surface area contributed by atoms with Crippen molar-refractivity contribution in [2.75, 3.05) is 0 Å². The van der Waals surface area contributed by atoms with Crippen LogP contribution in [0.5, 0.6) is 0 Å². The molecule has 0 atom stereocenters. The Kier molecular flexibility index (Phi) is 9.61. The molecule has 35 heavy (non-hydrogen) atoms. The van der Waals surface area contributed by atoms with Gasteiger partial charge in [0.15, 0.2) is 0 Å². The highest BCUT2D eigenvalue weighted by molar-refractivity contribution is 6.54. The fourth-order valence-corrected chi connectivity index (χ4v) is 3.67. The smallest absolute Gasteiger partial charge is 0.348 e. The summed E-state index contributed by atoms with van der Waals surface area (Å²) >= 11 is 23.3. The highest BCUT2D eigenvalue weighted by atomic mass is 35.5. The number of hydrogen-bond acceptors (Lipinski definition) is 8. The SMILES string of the molecule is O=C(CCCC(=O)OC(=O)c1c(Cl)c(Cl)c(Cl)c(Cl)c1C(=O)O)OC(=O)c1ccccc1C(=O)O. The van der Waals surface area contributed by atoms with Gasteiger partial charge in [0.2, 0.25) is 0 Å². The van der Waals surface area contributed by atoms with Crippen molar-refractivity contribution in [3.8, 4) is 0 Å². The minimum absolute atomic E-state index is 0.236. The van der Waals surface area contributed by atoms with Crippen LogP contribution in [0.1, 0.15) is 60.7 Å². The van der Waals surface area contributed by atoms with E-state index in [9.17, 15) is 33.9 Å². The molecule has 0 aliphatic rings. The van der Waals surface area contributed by atoms with E-state index in [1.807, 2.05) is 0 Å². The highest BCUT2D eigenvalue weighted by Crippen LogP contribution is 2.41. The molecule has 10 nitrogen and oxygen atoms in total. The van der Waals surface area contributed by atoms with Gasteiger partial charge in [-0.15, -0.1) is 0 Å². The predicted octanol–water partition coefficient (Wildman–Crippen LogP) is 4.93. The second kappa shape index (κ2) is 12.0. The molecule has 0 aliphatic carbocycles. The van der Waals surface area contributed by atoms with Crippen LogP contribution in [0.2, 0.25) is 20.1 Å². The number of carboxylic acids is 2. The van der Waals surface area contributed by atoms with Gasteiger partial charge < -0.3 is 19.7 Å². The largest absolute Gasteiger partial charge is 0.478 e. The summed E-state index contributed by atoms with van der Waals surface area (Å²) in [7, 11) is 0. The summed E-state index contributed by atoms with van der Waals surface area (Å²) in [5.41, 5.74) is -2.33. The van der Waals surface area contributed by atoms with Gasteiger partial charge in [-0.1, -0.05) is 58.5 Å². The molecule has 0 bridgehead atoms. The van der Waals surface area contributed by atoms with Crippen molar-refractivity contribution in [1.29, 1.82) is 0 Å². The summed E-state index contributed by atoms with van der Waals surface area (Å²) in [6.07, 6.45) is -1.22. The van der Waals surface area contributed by atoms with E-state index in [1.165, 1.54) is 12.1 Å². The van der Waals surface area contributed by atoms with Gasteiger partial charge in [0.25, 0.3) is 0 Å². The Balaban J connectivity index is 1.99. The number of carboxylic acid groups (broad SMARTS) is 2. The minimum atomic E-state index is -1.69. The lowest BCUT2D eigenvalue weighted by Crippen LogP contribution is -2.18. The lowest BCUT2D eigenvalue weighted by molar-refractivity contribution is -0.139. The molecule has 2 aromatic rings. The van der Waals surface area contributed by atoms with Crippen LogP contribution < -0.4 is 0 Å². The van der Waals surface area contributed by atoms with Crippen molar-refractivity contribution < 1.29 is 48.5 Å². The average Bonchev–Trinajstić information content (AvgIpc) is 2.79. The van der Waals surface area contributed by atoms with Crippen LogP contribution in [0, 0.1) is 0 Å². The molecular formula is C21H12Cl4O10. The quantitative estimate of drug-likeness (QED) is 0.194. The topological polar surface area (TPSA) is 161 Å². The Labute approximate surface area is 216 Å². The molecule has 0 aliphatic heterocycles. The van der Waals surface area contributed by atoms with Gasteiger partial charge in [0.1, 0.15) is 0 Å². The van der Waals surface area contributed by atoms with Crippen LogP contribution in [-0.4, -0.2) is 46.0 Å². The first-order valence-corrected chi connectivity index (χ1v) is 10.8. The predicted molar refractivity (Wildman–Crippen MR) is 122 cm³/mol. The Morgan fingerprint density at radius 1 is 0.629 bits per heavy atom. The summed E-state index contributed by atoms with van der Waals surface area (Å²) in [4.78, 5) is 70.9. The van der Waals surface area contributed by atoms with E-state index in [0.29, 0.717) is 0 Å². The standard InChI is InChI=1S/C21H12Cl4O10/c22-14-12(19(30)31)13(15(23)17(25)16(14)24)21(33)35-11(27)7-3-6-10(26)34-20(32)9-5-2-1-4-8(9)18(28)29/h1-2,4-5H,3,6-7H2,(H,28,29)(H,30,31). The third-order valence-corrected chi connectivity index (χ3v) is 6.04. The average molecular weight is 566 g/mol. The number of carbonyl (C=O) groups excluding carboxylic acids is 4. The van der Waals surface area contributed by atoms with Crippen LogP contribution in [0.25, 0.3) is 0 Å². The number of ether oxygens (including phenoxy) is 2. The van der Waals surface area contributed by atoms with E-state index in [4.69, 9.17) is 51.5 Å². The van der Waals surface area contributed by atoms with Crippen LogP contribution in [0.15, 0.2) is 24.3 Å². The van der Waals surface area contributed by atoms with Crippen LogP contribution in [0.3, 0.4) is 0 Å². The van der Waals surface area contributed by atoms with Gasteiger partial charge in [-0.25, -0.2) is 19.2 Å². The maximum atomic E-state index is 12.4. The lowest BCUT2D eigenvalue weighted by Gasteiger charge is -2.12. The van der Waals surface area contributed by atoms with Crippen molar-refractivity contribution in [3.63, 3.8) is 0 Å². The maximum absolute atomic E-state index is 12.4. The molecule has 2 rings (SSSR count). The molecule has 0 heterocycles. The van der Waals surface area contributed by atoms with Gasteiger partial charge in [-0.2, -0.15) is 0 Å². The van der Waals surface area contributed by atoms with Crippen molar-refractivity contribution in [1.82, 2.24) is 0 Å². The lowest BCUT2D eigenvalue weighted by atomic mass is 10.1. The van der Waals surface area contributed by atoms with Crippen LogP contribution >= 0.6 is 46.4 Å². The zero-order chi connectivity index (χ0) is 26.4. The fourth-order valence-electron chi connectivity index (χ4n) is 2.66. The molecule has 0 unspecified atom stereocenters. The van der Waals surface area contributed by atoms with Crippen LogP contribution in [0.4, 0.5) is 0 Å². The zero-order valence-corrected chi connectivity index (χ0v) is 20.1. The van der Waals surface area contributed by atoms with Gasteiger partial charge in [0, 0.05) is 12.8 Å². The molecule has 2 N–H and O–H groups in total. The maximum Gasteiger partial charge on any atom is 0.348 e. The summed E-state index contributed by atoms with van der Waals surface area (Å²) in [6, 6.07) is 5.07. The van der Waals surface area contributed by atoms with Crippen molar-refractivity contribution in [2.24, 2.45) is 0 Å². The van der Waals surface area contributed by atoms with Gasteiger partial charge in [0.05, 0.1) is 42.3 Å². The normalized spacial score (nSPS) is 10.4. The van der Waals surface area contributed by atoms with E-state index in [-0.39, 0.29) is 17.5 Å². The number of rotatable bonds is 8. The van der Waals surface area contributed by atoms with E-state index in [2.05, 4.69) is 9.47 Å². The number of benzene rings is 2. The highest BCUT2D eigenvalue weighted by Gasteiger charge is 2.31. The molecule has 0 radical (unpaired) electrons. The van der Waals surface area contributed by atoms with Gasteiger partial charge in [-0.05, 0) is 18.6 Å². The van der Waals surface area contributed by atoms with Gasteiger partial charge in [-0.3, -0.25) is 9.59 Å². The first kappa shape index (κ1) is 28.1. The molecular weight excluding hydrogens is 554 g/mol. The first-order chi connectivity index (χ1) is 16.4. The number of hydrogen-bond donors (Lipinski definition) is 2. The van der Waals surface area contributed by atoms with Crippen molar-refractivity contribution in [2.45, 2.75) is 19.3 Å². The van der Waals surface area contributed by atoms with E-state index < -0.39 is 79.9 Å². The molecule has 0 saturated carbocycles. The fraction of sp³-hybridized carbons (Fsp3) is 0.143. The molecule has 0 fully saturated rings. The third kappa shape index (κ3) is 6.70. The first-order valence-electron chi connectivity index (χ1n) is 9.28. The summed E-state index contributed by atoms with van der Waals surface area (Å²) in [5.74, 6) is -7.99. The van der Waals surface area contributed by atoms with E-state index in [1.54, 1.807) is 0 Å². The Hall–Kier alpha value is -3.18. The molecule has 2 aromatic carbocycles. The number of carbonyl (C=O) groups is 6. The minimum Gasteiger partial charge on any atom is -0.478 e. The molecule has 0 aromatic heterocycles. The van der Waals surface area contributed by atoms with E-state index in [0.717, 1.165) is 12.1 Å². The summed E-state index contributed by atoms with van der Waals surface area (Å²) in [5, 5.41) is 16.4. The van der Waals surface area contributed by atoms with Gasteiger partial charge >= 0.3 is 35.8 Å². The second-order valence-electron chi connectivity index (χ2n) is 6.54. The number of halogens is 4. The molecule has 0 spiro atoms. The van der Waals surface area contributed by atoms with Crippen molar-refractivity contribution in [3.05, 3.63) is 66.6 Å².